The maximum atomic E-state index is 13.4. The molecule has 2 aromatic carbocycles. The van der Waals surface area contributed by atoms with Gasteiger partial charge in [-0.2, -0.15) is 5.10 Å². The predicted molar refractivity (Wildman–Crippen MR) is 162 cm³/mol. The van der Waals surface area contributed by atoms with Gasteiger partial charge in [0.25, 0.3) is 5.91 Å². The molecule has 1 amide bonds. The summed E-state index contributed by atoms with van der Waals surface area (Å²) in [7, 11) is 4.64. The average Bonchev–Trinajstić information content (AvgIpc) is 3.69. The first-order chi connectivity index (χ1) is 20.8. The topological polar surface area (TPSA) is 147 Å². The highest BCUT2D eigenvalue weighted by Gasteiger charge is 2.22. The van der Waals surface area contributed by atoms with Gasteiger partial charge in [0.2, 0.25) is 11.9 Å². The summed E-state index contributed by atoms with van der Waals surface area (Å²) in [5.41, 5.74) is 4.82. The summed E-state index contributed by atoms with van der Waals surface area (Å²) in [6.07, 6.45) is 2.30. The summed E-state index contributed by atoms with van der Waals surface area (Å²) in [6.45, 7) is 5.46. The lowest BCUT2D eigenvalue weighted by Crippen LogP contribution is -2.20. The van der Waals surface area contributed by atoms with Gasteiger partial charge in [-0.1, -0.05) is 0 Å². The molecule has 0 aliphatic rings. The van der Waals surface area contributed by atoms with Crippen molar-refractivity contribution in [2.24, 2.45) is 0 Å². The van der Waals surface area contributed by atoms with Crippen molar-refractivity contribution in [2.45, 2.75) is 46.3 Å². The predicted octanol–water partition coefficient (Wildman–Crippen LogP) is 4.29. The maximum Gasteiger partial charge on any atom is 0.338 e. The molecule has 3 heterocycles. The van der Waals surface area contributed by atoms with Crippen LogP contribution in [-0.4, -0.2) is 68.3 Å². The third kappa shape index (κ3) is 5.65. The van der Waals surface area contributed by atoms with Crippen molar-refractivity contribution in [1.29, 1.82) is 0 Å². The van der Waals surface area contributed by atoms with E-state index in [1.165, 1.54) is 14.2 Å². The van der Waals surface area contributed by atoms with E-state index in [0.717, 1.165) is 35.9 Å². The second kappa shape index (κ2) is 12.3. The number of ether oxygens (including phenoxy) is 2. The number of methoxy groups -OCH3 is 2. The Morgan fingerprint density at radius 1 is 0.977 bits per heavy atom. The number of anilines is 2. The number of imidazole rings is 2. The highest BCUT2D eigenvalue weighted by Crippen LogP contribution is 2.32. The van der Waals surface area contributed by atoms with E-state index in [0.29, 0.717) is 65.1 Å². The minimum absolute atomic E-state index is 0.290. The number of nitrogens with zero attached hydrogens (tertiary/aromatic N) is 6. The molecule has 0 bridgehead atoms. The van der Waals surface area contributed by atoms with Gasteiger partial charge in [-0.3, -0.25) is 19.6 Å². The zero-order valence-electron chi connectivity index (χ0n) is 24.8. The average molecular weight is 587 g/mol. The Bertz CT molecular complexity index is 1830. The van der Waals surface area contributed by atoms with E-state index >= 15 is 0 Å². The fourth-order valence-corrected chi connectivity index (χ4v) is 5.25. The molecule has 43 heavy (non-hydrogen) atoms. The van der Waals surface area contributed by atoms with Gasteiger partial charge in [-0.25, -0.2) is 14.8 Å². The third-order valence-corrected chi connectivity index (χ3v) is 7.25. The number of rotatable bonds is 12. The third-order valence-electron chi connectivity index (χ3n) is 7.25. The van der Waals surface area contributed by atoms with Crippen LogP contribution >= 0.6 is 0 Å². The number of fused-ring (bicyclic) bond motifs is 2. The summed E-state index contributed by atoms with van der Waals surface area (Å²) >= 11 is 0. The Balaban J connectivity index is 1.46. The number of aldehydes is 1. The molecule has 3 aromatic heterocycles. The van der Waals surface area contributed by atoms with E-state index in [9.17, 15) is 14.4 Å². The molecule has 0 atom stereocenters. The molecule has 0 saturated heterocycles. The zero-order chi connectivity index (χ0) is 30.7. The normalized spacial score (nSPS) is 11.2. The summed E-state index contributed by atoms with van der Waals surface area (Å²) in [6, 6.07) is 10.4. The molecule has 5 rings (SSSR count). The molecule has 13 nitrogen and oxygen atoms in total. The number of hydrogen-bond acceptors (Lipinski definition) is 9. The molecule has 13 heteroatoms. The van der Waals surface area contributed by atoms with E-state index in [1.807, 2.05) is 31.5 Å². The van der Waals surface area contributed by atoms with Crippen molar-refractivity contribution in [2.75, 3.05) is 31.9 Å². The Morgan fingerprint density at radius 2 is 1.72 bits per heavy atom. The molecule has 0 spiro atoms. The van der Waals surface area contributed by atoms with Gasteiger partial charge in [0.15, 0.2) is 0 Å². The van der Waals surface area contributed by atoms with Crippen LogP contribution in [0.3, 0.4) is 0 Å². The SMILES string of the molecule is CCn1nc(C)cc1C(=O)Nc1nc2cc(C(=O)OC)cc(OC)c2n1CCCCn1c(NC)nc2cc(C=O)ccc21. The maximum absolute atomic E-state index is 13.4. The van der Waals surface area contributed by atoms with Crippen molar-refractivity contribution in [3.05, 3.63) is 58.9 Å². The van der Waals surface area contributed by atoms with Gasteiger partial charge in [-0.05, 0) is 63.1 Å². The van der Waals surface area contributed by atoms with Gasteiger partial charge in [0, 0.05) is 32.2 Å². The zero-order valence-corrected chi connectivity index (χ0v) is 24.8. The molecule has 0 aliphatic heterocycles. The highest BCUT2D eigenvalue weighted by molar-refractivity contribution is 6.04. The Morgan fingerprint density at radius 3 is 2.40 bits per heavy atom. The van der Waals surface area contributed by atoms with Crippen LogP contribution in [0, 0.1) is 6.92 Å². The fraction of sp³-hybridized carbons (Fsp3) is 0.333. The smallest absolute Gasteiger partial charge is 0.338 e. The van der Waals surface area contributed by atoms with Crippen LogP contribution in [-0.2, 0) is 24.4 Å². The lowest BCUT2D eigenvalue weighted by Gasteiger charge is -2.13. The molecular formula is C30H34N8O5. The van der Waals surface area contributed by atoms with Gasteiger partial charge in [-0.15, -0.1) is 0 Å². The molecule has 0 fully saturated rings. The Kier molecular flexibility index (Phi) is 8.41. The van der Waals surface area contributed by atoms with E-state index in [4.69, 9.17) is 14.5 Å². The number of nitrogens with one attached hydrogen (secondary N) is 2. The van der Waals surface area contributed by atoms with Gasteiger partial charge < -0.3 is 23.9 Å². The Labute approximate surface area is 247 Å². The number of aromatic nitrogens is 6. The number of carbonyl (C=O) groups excluding carboxylic acids is 3. The number of esters is 1. The summed E-state index contributed by atoms with van der Waals surface area (Å²) in [5, 5.41) is 10.5. The van der Waals surface area contributed by atoms with Gasteiger partial charge >= 0.3 is 5.97 Å². The fourth-order valence-electron chi connectivity index (χ4n) is 5.25. The monoisotopic (exact) mass is 586 g/mol. The second-order valence-corrected chi connectivity index (χ2v) is 9.98. The van der Waals surface area contributed by atoms with Crippen LogP contribution in [0.5, 0.6) is 5.75 Å². The molecule has 0 unspecified atom stereocenters. The quantitative estimate of drug-likeness (QED) is 0.124. The first-order valence-corrected chi connectivity index (χ1v) is 14.0. The van der Waals surface area contributed by atoms with Crippen molar-refractivity contribution >= 4 is 52.1 Å². The highest BCUT2D eigenvalue weighted by atomic mass is 16.5. The minimum atomic E-state index is -0.518. The van der Waals surface area contributed by atoms with Crippen molar-refractivity contribution in [3.63, 3.8) is 0 Å². The van der Waals surface area contributed by atoms with E-state index in [2.05, 4.69) is 25.3 Å². The van der Waals surface area contributed by atoms with Crippen molar-refractivity contribution in [3.8, 4) is 5.75 Å². The van der Waals surface area contributed by atoms with Crippen LogP contribution in [0.25, 0.3) is 22.1 Å². The van der Waals surface area contributed by atoms with Crippen LogP contribution in [0.1, 0.15) is 56.7 Å². The van der Waals surface area contributed by atoms with Crippen molar-refractivity contribution < 1.29 is 23.9 Å². The lowest BCUT2D eigenvalue weighted by atomic mass is 10.1. The van der Waals surface area contributed by atoms with Crippen molar-refractivity contribution in [1.82, 2.24) is 28.9 Å². The largest absolute Gasteiger partial charge is 0.494 e. The van der Waals surface area contributed by atoms with E-state index in [1.54, 1.807) is 35.0 Å². The van der Waals surface area contributed by atoms with Crippen LogP contribution in [0.2, 0.25) is 0 Å². The second-order valence-electron chi connectivity index (χ2n) is 9.98. The number of amides is 1. The molecule has 0 aliphatic carbocycles. The number of aryl methyl sites for hydroxylation is 4. The summed E-state index contributed by atoms with van der Waals surface area (Å²) in [4.78, 5) is 46.3. The number of unbranched alkanes of at least 4 members (excludes halogenated alkanes) is 1. The molecule has 0 radical (unpaired) electrons. The van der Waals surface area contributed by atoms with Gasteiger partial charge in [0.1, 0.15) is 23.2 Å². The standard InChI is InChI=1S/C30H34N8O5/c1-6-38-24(13-18(2)35-38)27(40)34-30-33-22-15-20(28(41)43-5)16-25(42-4)26(22)37(30)12-8-7-11-36-23-10-9-19(17-39)14-21(23)32-29(36)31-3/h9-10,13-17H,6-8,11-12H2,1-5H3,(H,31,32)(H,33,34,40). The molecular weight excluding hydrogens is 552 g/mol. The molecule has 5 aromatic rings. The summed E-state index contributed by atoms with van der Waals surface area (Å²) < 4.78 is 16.2. The number of benzene rings is 2. The molecule has 0 saturated carbocycles. The molecule has 224 valence electrons. The summed E-state index contributed by atoms with van der Waals surface area (Å²) in [5.74, 6) is 0.607. The van der Waals surface area contributed by atoms with E-state index < -0.39 is 5.97 Å². The van der Waals surface area contributed by atoms with Crippen LogP contribution < -0.4 is 15.4 Å². The Hall–Kier alpha value is -5.20. The van der Waals surface area contributed by atoms with Crippen LogP contribution in [0.4, 0.5) is 11.9 Å². The first kappa shape index (κ1) is 29.3. The minimum Gasteiger partial charge on any atom is -0.494 e. The number of carbonyl (C=O) groups is 3. The first-order valence-electron chi connectivity index (χ1n) is 14.0. The lowest BCUT2D eigenvalue weighted by molar-refractivity contribution is 0.0600. The molecule has 2 N–H and O–H groups in total. The van der Waals surface area contributed by atoms with Gasteiger partial charge in [0.05, 0.1) is 42.0 Å². The van der Waals surface area contributed by atoms with E-state index in [-0.39, 0.29) is 5.91 Å². The number of hydrogen-bond donors (Lipinski definition) is 2. The van der Waals surface area contributed by atoms with Crippen LogP contribution in [0.15, 0.2) is 36.4 Å².